The number of allylic oxidation sites excluding steroid dienone is 20. The van der Waals surface area contributed by atoms with Crippen molar-refractivity contribution in [2.24, 2.45) is 0 Å². The van der Waals surface area contributed by atoms with Crippen LogP contribution in [0, 0.1) is 0 Å². The lowest BCUT2D eigenvalue weighted by molar-refractivity contribution is -0.161. The van der Waals surface area contributed by atoms with Gasteiger partial charge in [-0.2, -0.15) is 0 Å². The second-order valence-electron chi connectivity index (χ2n) is 26.5. The van der Waals surface area contributed by atoms with Crippen molar-refractivity contribution in [3.8, 4) is 0 Å². The average Bonchev–Trinajstić information content (AvgIpc) is 0.948. The first-order chi connectivity index (χ1) is 49.2. The monoisotopic (exact) mass is 1460 g/mol. The molecule has 0 aliphatic rings. The van der Waals surface area contributed by atoms with Crippen LogP contribution in [0.5, 0.6) is 0 Å². The number of unbranched alkanes of at least 4 members (excludes halogenated alkanes) is 32. The van der Waals surface area contributed by atoms with Gasteiger partial charge in [-0.25, -0.2) is 9.13 Å². The minimum atomic E-state index is -4.93. The molecule has 0 saturated carbocycles. The van der Waals surface area contributed by atoms with Gasteiger partial charge >= 0.3 is 33.6 Å². The van der Waals surface area contributed by atoms with Gasteiger partial charge in [0.15, 0.2) is 6.10 Å². The van der Waals surface area contributed by atoms with Gasteiger partial charge < -0.3 is 34.2 Å². The highest BCUT2D eigenvalue weighted by Gasteiger charge is 2.29. The van der Waals surface area contributed by atoms with E-state index in [1.54, 1.807) is 0 Å². The van der Waals surface area contributed by atoms with Crippen molar-refractivity contribution < 1.29 is 75.8 Å². The number of aliphatic hydroxyl groups is 2. The van der Waals surface area contributed by atoms with Crippen LogP contribution in [-0.4, -0.2) is 95.9 Å². The van der Waals surface area contributed by atoms with Gasteiger partial charge in [0.2, 0.25) is 0 Å². The number of hydrogen-bond donors (Lipinski definition) is 4. The lowest BCUT2D eigenvalue weighted by Crippen LogP contribution is -2.30. The summed E-state index contributed by atoms with van der Waals surface area (Å²) in [5.74, 6) is -1.60. The van der Waals surface area contributed by atoms with E-state index in [0.29, 0.717) is 19.3 Å². The van der Waals surface area contributed by atoms with Crippen LogP contribution in [0.4, 0.5) is 0 Å². The standard InChI is InChI=1S/C83H144O16P2/c1-4-7-10-13-16-19-22-24-26-28-30-32-33-34-35-36-37-38-39-40-41-42-43-45-47-48-50-52-55-57-60-63-66-69-81(86)93-72-78(84)73-95-100(89,90)96-74-79(85)75-97-101(91,92)98-77-80(99-83(88)71-68-65-62-59-54-21-18-15-12-9-6-3)76-94-82(87)70-67-64-61-58-56-53-51-49-46-44-31-29-27-25-23-20-17-14-11-8-5-2/h7,10,15-20,24-27,30-32,34-35,44,49,51,78-80,84-85H,4-6,8-9,11-14,21-23,28-29,33,36-43,45-48,50,52-77H2,1-3H3,(H,89,90)(H,91,92)/b10-7-,18-15-,19-16-,20-17-,26-24-,27-25-,32-30-,35-34-,44-31-,51-49-. The number of hydrogen-bond acceptors (Lipinski definition) is 14. The molecule has 101 heavy (non-hydrogen) atoms. The molecule has 5 unspecified atom stereocenters. The Morgan fingerprint density at radius 2 is 0.535 bits per heavy atom. The van der Waals surface area contributed by atoms with Gasteiger partial charge in [-0.05, 0) is 128 Å². The molecule has 4 N–H and O–H groups in total. The maximum absolute atomic E-state index is 12.9. The number of phosphoric acid groups is 2. The van der Waals surface area contributed by atoms with Crippen molar-refractivity contribution in [2.75, 3.05) is 39.6 Å². The summed E-state index contributed by atoms with van der Waals surface area (Å²) < 4.78 is 61.0. The molecule has 0 radical (unpaired) electrons. The van der Waals surface area contributed by atoms with E-state index in [1.807, 2.05) is 0 Å². The van der Waals surface area contributed by atoms with E-state index in [9.17, 15) is 43.5 Å². The van der Waals surface area contributed by atoms with Crippen LogP contribution in [0.1, 0.15) is 329 Å². The van der Waals surface area contributed by atoms with Crippen molar-refractivity contribution >= 4 is 33.6 Å². The topological polar surface area (TPSA) is 231 Å². The maximum Gasteiger partial charge on any atom is 0.472 e. The summed E-state index contributed by atoms with van der Waals surface area (Å²) in [7, 11) is -9.79. The molecule has 0 aliphatic heterocycles. The number of ether oxygens (including phenoxy) is 3. The molecule has 0 aromatic heterocycles. The van der Waals surface area contributed by atoms with Crippen LogP contribution >= 0.6 is 15.6 Å². The van der Waals surface area contributed by atoms with Crippen molar-refractivity contribution in [2.45, 2.75) is 347 Å². The van der Waals surface area contributed by atoms with Gasteiger partial charge in [-0.1, -0.05) is 303 Å². The minimum absolute atomic E-state index is 0.0887. The average molecular weight is 1460 g/mol. The fourth-order valence-electron chi connectivity index (χ4n) is 10.6. The summed E-state index contributed by atoms with van der Waals surface area (Å²) in [4.78, 5) is 58.5. The summed E-state index contributed by atoms with van der Waals surface area (Å²) in [5, 5.41) is 20.6. The molecule has 582 valence electrons. The Labute approximate surface area is 614 Å². The molecular formula is C83H144O16P2. The fourth-order valence-corrected chi connectivity index (χ4v) is 12.1. The first-order valence-corrected chi connectivity index (χ1v) is 42.8. The summed E-state index contributed by atoms with van der Waals surface area (Å²) in [6.07, 6.45) is 89.9. The number of aliphatic hydroxyl groups excluding tert-OH is 2. The van der Waals surface area contributed by atoms with Gasteiger partial charge in [0.25, 0.3) is 0 Å². The zero-order chi connectivity index (χ0) is 73.7. The van der Waals surface area contributed by atoms with Gasteiger partial charge in [0.1, 0.15) is 25.4 Å². The molecule has 0 bridgehead atoms. The zero-order valence-electron chi connectivity index (χ0n) is 63.5. The molecule has 0 aromatic rings. The first kappa shape index (κ1) is 97.0. The maximum atomic E-state index is 12.9. The van der Waals surface area contributed by atoms with Crippen LogP contribution in [0.25, 0.3) is 0 Å². The van der Waals surface area contributed by atoms with Crippen molar-refractivity contribution in [1.29, 1.82) is 0 Å². The smallest absolute Gasteiger partial charge is 0.463 e. The second kappa shape index (κ2) is 75.6. The Kier molecular flexibility index (Phi) is 72.6. The summed E-state index contributed by atoms with van der Waals surface area (Å²) >= 11 is 0. The minimum Gasteiger partial charge on any atom is -0.463 e. The molecule has 5 atom stereocenters. The van der Waals surface area contributed by atoms with Crippen LogP contribution in [-0.2, 0) is 55.8 Å². The zero-order valence-corrected chi connectivity index (χ0v) is 65.3. The van der Waals surface area contributed by atoms with Gasteiger partial charge in [0.05, 0.1) is 26.4 Å². The number of esters is 3. The Morgan fingerprint density at radius 1 is 0.287 bits per heavy atom. The fraction of sp³-hybridized carbons (Fsp3) is 0.723. The summed E-state index contributed by atoms with van der Waals surface area (Å²) in [6.45, 7) is 2.48. The number of phosphoric ester groups is 2. The molecule has 0 aliphatic carbocycles. The molecule has 0 fully saturated rings. The van der Waals surface area contributed by atoms with E-state index in [-0.39, 0.29) is 19.3 Å². The van der Waals surface area contributed by atoms with E-state index < -0.39 is 91.5 Å². The normalized spacial score (nSPS) is 14.6. The van der Waals surface area contributed by atoms with Crippen LogP contribution in [0.2, 0.25) is 0 Å². The molecule has 18 heteroatoms. The van der Waals surface area contributed by atoms with E-state index in [4.69, 9.17) is 32.3 Å². The molecule has 0 heterocycles. The number of carbonyl (C=O) groups is 3. The Morgan fingerprint density at radius 3 is 0.871 bits per heavy atom. The van der Waals surface area contributed by atoms with E-state index in [2.05, 4.69) is 142 Å². The van der Waals surface area contributed by atoms with E-state index in [0.717, 1.165) is 141 Å². The van der Waals surface area contributed by atoms with E-state index >= 15 is 0 Å². The van der Waals surface area contributed by atoms with Crippen LogP contribution < -0.4 is 0 Å². The van der Waals surface area contributed by atoms with Gasteiger partial charge in [-0.15, -0.1) is 0 Å². The highest BCUT2D eigenvalue weighted by molar-refractivity contribution is 7.47. The largest absolute Gasteiger partial charge is 0.472 e. The van der Waals surface area contributed by atoms with Gasteiger partial charge in [-0.3, -0.25) is 32.5 Å². The molecular weight excluding hydrogens is 1310 g/mol. The molecule has 0 rings (SSSR count). The quantitative estimate of drug-likeness (QED) is 0.0146. The number of carbonyl (C=O) groups excluding carboxylic acids is 3. The molecule has 0 saturated heterocycles. The highest BCUT2D eigenvalue weighted by Crippen LogP contribution is 2.45. The van der Waals surface area contributed by atoms with Crippen molar-refractivity contribution in [1.82, 2.24) is 0 Å². The lowest BCUT2D eigenvalue weighted by Gasteiger charge is -2.21. The van der Waals surface area contributed by atoms with E-state index in [1.165, 1.54) is 128 Å². The second-order valence-corrected chi connectivity index (χ2v) is 29.4. The molecule has 0 aromatic carbocycles. The summed E-state index contributed by atoms with van der Waals surface area (Å²) in [5.41, 5.74) is 0. The van der Waals surface area contributed by atoms with Crippen molar-refractivity contribution in [3.63, 3.8) is 0 Å². The predicted molar refractivity (Wildman–Crippen MR) is 417 cm³/mol. The third-order valence-electron chi connectivity index (χ3n) is 16.6. The van der Waals surface area contributed by atoms with Crippen LogP contribution in [0.3, 0.4) is 0 Å². The Bertz CT molecular complexity index is 2320. The van der Waals surface area contributed by atoms with Crippen LogP contribution in [0.15, 0.2) is 122 Å². The van der Waals surface area contributed by atoms with Crippen molar-refractivity contribution in [3.05, 3.63) is 122 Å². The van der Waals surface area contributed by atoms with Gasteiger partial charge in [0, 0.05) is 19.3 Å². The third-order valence-corrected chi connectivity index (χ3v) is 18.5. The molecule has 0 spiro atoms. The third kappa shape index (κ3) is 76.9. The SMILES string of the molecule is CC/C=C\C/C=C\C/C=C\C/C=C\C/C=C\CCCCCCCCCCCCCCCCCCCC(=O)OCC(O)COP(=O)(O)OCC(O)COP(=O)(O)OCC(COC(=O)CCCCCCC/C=C\C/C=C\C/C=C\C/C=C\CCCCC)OC(=O)CCCCCCC/C=C\CCCC. The number of rotatable bonds is 75. The lowest BCUT2D eigenvalue weighted by atomic mass is 10.0. The highest BCUT2D eigenvalue weighted by atomic mass is 31.2. The Balaban J connectivity index is 4.38. The molecule has 0 amide bonds. The molecule has 16 nitrogen and oxygen atoms in total. The Hall–Kier alpha value is -4.05. The summed E-state index contributed by atoms with van der Waals surface area (Å²) in [6, 6.07) is 0. The first-order valence-electron chi connectivity index (χ1n) is 39.8. The predicted octanol–water partition coefficient (Wildman–Crippen LogP) is 23.3.